The van der Waals surface area contributed by atoms with E-state index in [0.717, 1.165) is 14.6 Å². The zero-order chi connectivity index (χ0) is 12.6. The highest BCUT2D eigenvalue weighted by Gasteiger charge is 2.13. The van der Waals surface area contributed by atoms with E-state index in [9.17, 15) is 4.79 Å². The lowest BCUT2D eigenvalue weighted by atomic mass is 10.1. The van der Waals surface area contributed by atoms with Gasteiger partial charge in [0.2, 0.25) is 0 Å². The fourth-order valence-corrected chi connectivity index (χ4v) is 2.42. The summed E-state index contributed by atoms with van der Waals surface area (Å²) in [7, 11) is 1.38. The third-order valence-electron chi connectivity index (χ3n) is 2.57. The van der Waals surface area contributed by atoms with Gasteiger partial charge in [0.15, 0.2) is 0 Å². The molecule has 1 aromatic heterocycles. The van der Waals surface area contributed by atoms with Gasteiger partial charge in [-0.3, -0.25) is 4.68 Å². The monoisotopic (exact) mass is 344 g/mol. The zero-order valence-corrected chi connectivity index (χ0v) is 12.1. The lowest BCUT2D eigenvalue weighted by molar-refractivity contribution is 0.0601. The van der Waals surface area contributed by atoms with Crippen LogP contribution in [0.4, 0.5) is 0 Å². The van der Waals surface area contributed by atoms with Crippen molar-refractivity contribution in [1.82, 2.24) is 9.78 Å². The van der Waals surface area contributed by atoms with Crippen LogP contribution in [0.2, 0.25) is 0 Å². The summed E-state index contributed by atoms with van der Waals surface area (Å²) in [6, 6.07) is 5.77. The van der Waals surface area contributed by atoms with Crippen LogP contribution >= 0.6 is 22.6 Å². The van der Waals surface area contributed by atoms with Gasteiger partial charge >= 0.3 is 5.97 Å². The van der Waals surface area contributed by atoms with Gasteiger partial charge in [-0.25, -0.2) is 4.79 Å². The molecule has 2 rings (SSSR count). The summed E-state index contributed by atoms with van der Waals surface area (Å²) in [5.41, 5.74) is 1.52. The standard InChI is InChI=1S/C12H13IN2O2/c1-7(2)15-10-6-8(12(16)17-3)4-5-9(10)11(13)14-15/h4-7H,1-3H3. The maximum atomic E-state index is 11.5. The first-order valence-corrected chi connectivity index (χ1v) is 6.38. The summed E-state index contributed by atoms with van der Waals surface area (Å²) < 4.78 is 7.59. The number of esters is 1. The van der Waals surface area contributed by atoms with Gasteiger partial charge in [0.25, 0.3) is 0 Å². The molecule has 0 aliphatic carbocycles. The van der Waals surface area contributed by atoms with Crippen molar-refractivity contribution in [2.75, 3.05) is 7.11 Å². The normalized spacial score (nSPS) is 11.1. The molecule has 0 atom stereocenters. The number of aromatic nitrogens is 2. The summed E-state index contributed by atoms with van der Waals surface area (Å²) in [4.78, 5) is 11.5. The van der Waals surface area contributed by atoms with Crippen molar-refractivity contribution in [3.05, 3.63) is 27.5 Å². The number of fused-ring (bicyclic) bond motifs is 1. The van der Waals surface area contributed by atoms with E-state index >= 15 is 0 Å². The molecule has 0 spiro atoms. The summed E-state index contributed by atoms with van der Waals surface area (Å²) in [5, 5.41) is 5.53. The van der Waals surface area contributed by atoms with Gasteiger partial charge in [-0.15, -0.1) is 0 Å². The Morgan fingerprint density at radius 1 is 1.47 bits per heavy atom. The highest BCUT2D eigenvalue weighted by atomic mass is 127. The molecular weight excluding hydrogens is 331 g/mol. The van der Waals surface area contributed by atoms with Crippen molar-refractivity contribution in [3.63, 3.8) is 0 Å². The van der Waals surface area contributed by atoms with Crippen molar-refractivity contribution in [3.8, 4) is 0 Å². The highest BCUT2D eigenvalue weighted by molar-refractivity contribution is 14.1. The Kier molecular flexibility index (Phi) is 3.37. The van der Waals surface area contributed by atoms with E-state index in [2.05, 4.69) is 41.5 Å². The smallest absolute Gasteiger partial charge is 0.337 e. The fourth-order valence-electron chi connectivity index (χ4n) is 1.74. The van der Waals surface area contributed by atoms with Crippen molar-refractivity contribution in [2.45, 2.75) is 19.9 Å². The first-order chi connectivity index (χ1) is 8.04. The van der Waals surface area contributed by atoms with Gasteiger partial charge in [0.05, 0.1) is 18.2 Å². The Balaban J connectivity index is 2.66. The first-order valence-electron chi connectivity index (χ1n) is 5.30. The minimum Gasteiger partial charge on any atom is -0.465 e. The predicted octanol–water partition coefficient (Wildman–Crippen LogP) is 3.01. The van der Waals surface area contributed by atoms with Crippen molar-refractivity contribution < 1.29 is 9.53 Å². The van der Waals surface area contributed by atoms with Crippen LogP contribution in [-0.4, -0.2) is 22.9 Å². The molecule has 4 nitrogen and oxygen atoms in total. The molecule has 0 aliphatic heterocycles. The summed E-state index contributed by atoms with van der Waals surface area (Å²) in [6.45, 7) is 4.13. The molecule has 17 heavy (non-hydrogen) atoms. The number of ether oxygens (including phenoxy) is 1. The van der Waals surface area contributed by atoms with E-state index in [-0.39, 0.29) is 12.0 Å². The van der Waals surface area contributed by atoms with Crippen molar-refractivity contribution in [1.29, 1.82) is 0 Å². The Hall–Kier alpha value is -1.11. The SMILES string of the molecule is COC(=O)c1ccc2c(I)nn(C(C)C)c2c1. The van der Waals surface area contributed by atoms with Crippen LogP contribution in [0.3, 0.4) is 0 Å². The number of carbonyl (C=O) groups excluding carboxylic acids is 1. The van der Waals surface area contributed by atoms with Crippen LogP contribution in [-0.2, 0) is 4.74 Å². The van der Waals surface area contributed by atoms with Crippen LogP contribution in [0.15, 0.2) is 18.2 Å². The van der Waals surface area contributed by atoms with Crippen LogP contribution in [0, 0.1) is 3.70 Å². The Labute approximate surface area is 113 Å². The summed E-state index contributed by atoms with van der Waals surface area (Å²) in [6.07, 6.45) is 0. The molecule has 0 unspecified atom stereocenters. The molecule has 0 saturated heterocycles. The van der Waals surface area contributed by atoms with Gasteiger partial charge in [-0.2, -0.15) is 5.10 Å². The van der Waals surface area contributed by atoms with Crippen LogP contribution in [0.1, 0.15) is 30.2 Å². The lowest BCUT2D eigenvalue weighted by Gasteiger charge is -2.07. The maximum Gasteiger partial charge on any atom is 0.337 e. The Morgan fingerprint density at radius 2 is 2.18 bits per heavy atom. The average molecular weight is 344 g/mol. The Morgan fingerprint density at radius 3 is 2.76 bits per heavy atom. The molecule has 0 N–H and O–H groups in total. The molecule has 2 aromatic rings. The number of hydrogen-bond donors (Lipinski definition) is 0. The first kappa shape index (κ1) is 12.3. The molecule has 1 aromatic carbocycles. The van der Waals surface area contributed by atoms with Crippen LogP contribution in [0.5, 0.6) is 0 Å². The number of carbonyl (C=O) groups is 1. The molecule has 0 fully saturated rings. The fraction of sp³-hybridized carbons (Fsp3) is 0.333. The number of hydrogen-bond acceptors (Lipinski definition) is 3. The molecular formula is C12H13IN2O2. The number of nitrogens with zero attached hydrogens (tertiary/aromatic N) is 2. The van der Waals surface area contributed by atoms with Gasteiger partial charge in [0.1, 0.15) is 3.70 Å². The molecule has 0 amide bonds. The third kappa shape index (κ3) is 2.15. The van der Waals surface area contributed by atoms with E-state index in [1.165, 1.54) is 7.11 Å². The minimum absolute atomic E-state index is 0.258. The largest absolute Gasteiger partial charge is 0.465 e. The highest BCUT2D eigenvalue weighted by Crippen LogP contribution is 2.24. The van der Waals surface area contributed by atoms with Crippen molar-refractivity contribution in [2.24, 2.45) is 0 Å². The van der Waals surface area contributed by atoms with Crippen LogP contribution in [0.25, 0.3) is 10.9 Å². The van der Waals surface area contributed by atoms with E-state index in [4.69, 9.17) is 4.74 Å². The molecule has 0 bridgehead atoms. The quantitative estimate of drug-likeness (QED) is 0.621. The van der Waals surface area contributed by atoms with Crippen molar-refractivity contribution >= 4 is 39.5 Å². The van der Waals surface area contributed by atoms with Gasteiger partial charge in [0, 0.05) is 11.4 Å². The van der Waals surface area contributed by atoms with Gasteiger partial charge in [-0.1, -0.05) is 0 Å². The zero-order valence-electron chi connectivity index (χ0n) is 9.90. The van der Waals surface area contributed by atoms with E-state index < -0.39 is 0 Å². The summed E-state index contributed by atoms with van der Waals surface area (Å²) >= 11 is 2.20. The number of methoxy groups -OCH3 is 1. The van der Waals surface area contributed by atoms with E-state index in [1.54, 1.807) is 6.07 Å². The number of rotatable bonds is 2. The minimum atomic E-state index is -0.321. The molecule has 5 heteroatoms. The molecule has 1 heterocycles. The lowest BCUT2D eigenvalue weighted by Crippen LogP contribution is -2.04. The molecule has 0 aliphatic rings. The van der Waals surface area contributed by atoms with Crippen LogP contribution < -0.4 is 0 Å². The third-order valence-corrected chi connectivity index (χ3v) is 3.37. The second-order valence-electron chi connectivity index (χ2n) is 4.05. The Bertz CT molecular complexity index is 575. The van der Waals surface area contributed by atoms with E-state index in [1.807, 2.05) is 16.8 Å². The summed E-state index contributed by atoms with van der Waals surface area (Å²) in [5.74, 6) is -0.321. The van der Waals surface area contributed by atoms with Gasteiger partial charge < -0.3 is 4.74 Å². The topological polar surface area (TPSA) is 44.1 Å². The maximum absolute atomic E-state index is 11.5. The molecule has 0 saturated carbocycles. The van der Waals surface area contributed by atoms with Gasteiger partial charge in [-0.05, 0) is 54.6 Å². The number of halogens is 1. The second-order valence-corrected chi connectivity index (χ2v) is 5.07. The second kappa shape index (κ2) is 4.64. The number of benzene rings is 1. The predicted molar refractivity (Wildman–Crippen MR) is 74.2 cm³/mol. The van der Waals surface area contributed by atoms with E-state index in [0.29, 0.717) is 5.56 Å². The molecule has 90 valence electrons. The average Bonchev–Trinajstić information content (AvgIpc) is 2.65. The molecule has 0 radical (unpaired) electrons.